The van der Waals surface area contributed by atoms with E-state index in [1.54, 1.807) is 11.3 Å². The summed E-state index contributed by atoms with van der Waals surface area (Å²) in [7, 11) is 0. The number of nitrogens with zero attached hydrogens (tertiary/aromatic N) is 2. The molecule has 0 bridgehead atoms. The van der Waals surface area contributed by atoms with Gasteiger partial charge in [-0.1, -0.05) is 43.7 Å². The molecule has 3 rings (SSSR count). The first-order chi connectivity index (χ1) is 10.7. The summed E-state index contributed by atoms with van der Waals surface area (Å²) in [6.07, 6.45) is 2.28. The fraction of sp³-hybridized carbons (Fsp3) is 0.294. The van der Waals surface area contributed by atoms with Gasteiger partial charge in [0.05, 0.1) is 6.04 Å². The van der Waals surface area contributed by atoms with Crippen LogP contribution in [0.25, 0.3) is 11.4 Å². The summed E-state index contributed by atoms with van der Waals surface area (Å²) in [5.41, 5.74) is 2.37. The maximum atomic E-state index is 5.46. The van der Waals surface area contributed by atoms with E-state index in [0.29, 0.717) is 4.77 Å². The Balaban J connectivity index is 2.02. The molecule has 0 saturated heterocycles. The van der Waals surface area contributed by atoms with Crippen molar-refractivity contribution in [3.8, 4) is 11.4 Å². The number of H-pyrrole nitrogens is 1. The zero-order chi connectivity index (χ0) is 15.5. The molecule has 0 amide bonds. The number of aromatic amines is 1. The second-order valence-corrected chi connectivity index (χ2v) is 6.74. The van der Waals surface area contributed by atoms with Crippen molar-refractivity contribution in [2.45, 2.75) is 32.7 Å². The third-order valence-corrected chi connectivity index (χ3v) is 5.07. The van der Waals surface area contributed by atoms with Crippen LogP contribution in [0.4, 0.5) is 0 Å². The van der Waals surface area contributed by atoms with Gasteiger partial charge in [0.15, 0.2) is 10.6 Å². The number of aryl methyl sites for hydroxylation is 1. The molecule has 5 heteroatoms. The van der Waals surface area contributed by atoms with Gasteiger partial charge < -0.3 is 0 Å². The van der Waals surface area contributed by atoms with E-state index in [2.05, 4.69) is 64.3 Å². The van der Waals surface area contributed by atoms with Crippen LogP contribution in [0.15, 0.2) is 41.8 Å². The molecule has 0 radical (unpaired) electrons. The Morgan fingerprint density at radius 2 is 2.09 bits per heavy atom. The van der Waals surface area contributed by atoms with Crippen molar-refractivity contribution in [3.63, 3.8) is 0 Å². The molecule has 3 aromatic rings. The van der Waals surface area contributed by atoms with Crippen LogP contribution in [0, 0.1) is 4.77 Å². The number of hydrogen-bond donors (Lipinski definition) is 1. The molecule has 2 heterocycles. The molecule has 3 nitrogen and oxygen atoms in total. The standard InChI is InChI=1S/C17H19N3S2/c1-3-7-15-10-14(11-22-15)16-18-19-17(21)20(16)12(2)13-8-5-4-6-9-13/h4-6,8-12H,3,7H2,1-2H3,(H,19,21)/t12-/m1/s1. The van der Waals surface area contributed by atoms with Crippen molar-refractivity contribution in [1.82, 2.24) is 14.8 Å². The van der Waals surface area contributed by atoms with Crippen LogP contribution in [0.2, 0.25) is 0 Å². The predicted molar refractivity (Wildman–Crippen MR) is 95.0 cm³/mol. The first-order valence-electron chi connectivity index (χ1n) is 7.50. The lowest BCUT2D eigenvalue weighted by molar-refractivity contribution is 0.635. The summed E-state index contributed by atoms with van der Waals surface area (Å²) in [6.45, 7) is 4.36. The Bertz CT molecular complexity index is 799. The summed E-state index contributed by atoms with van der Waals surface area (Å²) in [4.78, 5) is 1.39. The van der Waals surface area contributed by atoms with Gasteiger partial charge in [-0.25, -0.2) is 0 Å². The number of nitrogens with one attached hydrogen (secondary N) is 1. The Kier molecular flexibility index (Phi) is 4.55. The molecule has 0 spiro atoms. The van der Waals surface area contributed by atoms with Crippen LogP contribution in [-0.2, 0) is 6.42 Å². The molecule has 0 aliphatic heterocycles. The van der Waals surface area contributed by atoms with E-state index in [0.717, 1.165) is 24.2 Å². The maximum Gasteiger partial charge on any atom is 0.196 e. The van der Waals surface area contributed by atoms with Gasteiger partial charge in [-0.05, 0) is 37.2 Å². The number of hydrogen-bond acceptors (Lipinski definition) is 3. The SMILES string of the molecule is CCCc1cc(-c2n[nH]c(=S)n2[C@H](C)c2ccccc2)cs1. The number of aromatic nitrogens is 3. The Hall–Kier alpha value is -1.72. The van der Waals surface area contributed by atoms with Gasteiger partial charge >= 0.3 is 0 Å². The molecule has 0 fully saturated rings. The van der Waals surface area contributed by atoms with Gasteiger partial charge in [0.1, 0.15) is 0 Å². The van der Waals surface area contributed by atoms with Crippen LogP contribution in [-0.4, -0.2) is 14.8 Å². The van der Waals surface area contributed by atoms with Crippen molar-refractivity contribution in [2.24, 2.45) is 0 Å². The molecule has 1 atom stereocenters. The van der Waals surface area contributed by atoms with Gasteiger partial charge in [0.25, 0.3) is 0 Å². The van der Waals surface area contributed by atoms with E-state index < -0.39 is 0 Å². The van der Waals surface area contributed by atoms with E-state index in [1.807, 2.05) is 6.07 Å². The van der Waals surface area contributed by atoms with Gasteiger partial charge in [-0.2, -0.15) is 5.10 Å². The van der Waals surface area contributed by atoms with Gasteiger partial charge in [-0.3, -0.25) is 9.67 Å². The second-order valence-electron chi connectivity index (χ2n) is 5.36. The molecular weight excluding hydrogens is 310 g/mol. The van der Waals surface area contributed by atoms with E-state index in [-0.39, 0.29) is 6.04 Å². The van der Waals surface area contributed by atoms with Crippen molar-refractivity contribution in [1.29, 1.82) is 0 Å². The summed E-state index contributed by atoms with van der Waals surface area (Å²) in [5, 5.41) is 9.58. The average Bonchev–Trinajstić information content (AvgIpc) is 3.14. The minimum absolute atomic E-state index is 0.150. The molecule has 0 unspecified atom stereocenters. The van der Waals surface area contributed by atoms with E-state index in [1.165, 1.54) is 10.4 Å². The first-order valence-corrected chi connectivity index (χ1v) is 8.79. The zero-order valence-electron chi connectivity index (χ0n) is 12.7. The highest BCUT2D eigenvalue weighted by molar-refractivity contribution is 7.71. The number of benzene rings is 1. The summed E-state index contributed by atoms with van der Waals surface area (Å²) in [5.74, 6) is 0.917. The lowest BCUT2D eigenvalue weighted by Gasteiger charge is -2.15. The van der Waals surface area contributed by atoms with E-state index >= 15 is 0 Å². The molecule has 2 aromatic heterocycles. The molecule has 114 valence electrons. The van der Waals surface area contributed by atoms with Crippen molar-refractivity contribution < 1.29 is 0 Å². The molecule has 1 aromatic carbocycles. The molecule has 0 saturated carbocycles. The minimum atomic E-state index is 0.150. The highest BCUT2D eigenvalue weighted by Crippen LogP contribution is 2.29. The molecule has 0 aliphatic rings. The quantitative estimate of drug-likeness (QED) is 0.650. The normalized spacial score (nSPS) is 12.5. The van der Waals surface area contributed by atoms with Crippen LogP contribution in [0.1, 0.15) is 36.8 Å². The number of rotatable bonds is 5. The Morgan fingerprint density at radius 3 is 2.82 bits per heavy atom. The zero-order valence-corrected chi connectivity index (χ0v) is 14.4. The van der Waals surface area contributed by atoms with Crippen molar-refractivity contribution in [3.05, 3.63) is 57.0 Å². The molecular formula is C17H19N3S2. The van der Waals surface area contributed by atoms with E-state index in [4.69, 9.17) is 12.2 Å². The molecule has 22 heavy (non-hydrogen) atoms. The smallest absolute Gasteiger partial charge is 0.196 e. The van der Waals surface area contributed by atoms with Crippen LogP contribution in [0.5, 0.6) is 0 Å². The van der Waals surface area contributed by atoms with E-state index in [9.17, 15) is 0 Å². The van der Waals surface area contributed by atoms with Gasteiger partial charge in [0.2, 0.25) is 0 Å². The Labute approximate surface area is 139 Å². The van der Waals surface area contributed by atoms with Crippen LogP contribution in [0.3, 0.4) is 0 Å². The fourth-order valence-electron chi connectivity index (χ4n) is 2.62. The third kappa shape index (κ3) is 2.91. The largest absolute Gasteiger partial charge is 0.293 e. The first kappa shape index (κ1) is 15.2. The third-order valence-electron chi connectivity index (χ3n) is 3.78. The monoisotopic (exact) mass is 329 g/mol. The van der Waals surface area contributed by atoms with Crippen molar-refractivity contribution >= 4 is 23.6 Å². The topological polar surface area (TPSA) is 33.6 Å². The van der Waals surface area contributed by atoms with Gasteiger partial charge in [0, 0.05) is 15.8 Å². The lowest BCUT2D eigenvalue weighted by Crippen LogP contribution is -2.08. The fourth-order valence-corrected chi connectivity index (χ4v) is 3.88. The summed E-state index contributed by atoms with van der Waals surface area (Å²) in [6, 6.07) is 12.8. The second kappa shape index (κ2) is 6.58. The molecule has 1 N–H and O–H groups in total. The van der Waals surface area contributed by atoms with Gasteiger partial charge in [-0.15, -0.1) is 11.3 Å². The maximum absolute atomic E-state index is 5.46. The van der Waals surface area contributed by atoms with Crippen LogP contribution < -0.4 is 0 Å². The molecule has 0 aliphatic carbocycles. The highest BCUT2D eigenvalue weighted by atomic mass is 32.1. The summed E-state index contributed by atoms with van der Waals surface area (Å²) < 4.78 is 2.76. The lowest BCUT2D eigenvalue weighted by atomic mass is 10.1. The Morgan fingerprint density at radius 1 is 1.32 bits per heavy atom. The average molecular weight is 329 g/mol. The number of thiophene rings is 1. The predicted octanol–water partition coefficient (Wildman–Crippen LogP) is 5.23. The highest BCUT2D eigenvalue weighted by Gasteiger charge is 2.17. The van der Waals surface area contributed by atoms with Crippen LogP contribution >= 0.6 is 23.6 Å². The van der Waals surface area contributed by atoms with Crippen molar-refractivity contribution in [2.75, 3.05) is 0 Å². The minimum Gasteiger partial charge on any atom is -0.293 e. The summed E-state index contributed by atoms with van der Waals surface area (Å²) >= 11 is 7.25.